The second kappa shape index (κ2) is 8.20. The first-order chi connectivity index (χ1) is 15.2. The molecule has 0 saturated carbocycles. The smallest absolute Gasteiger partial charge is 0.229 e. The van der Waals surface area contributed by atoms with E-state index < -0.39 is 0 Å². The van der Waals surface area contributed by atoms with Gasteiger partial charge in [-0.15, -0.1) is 11.3 Å². The Morgan fingerprint density at radius 2 is 1.68 bits per heavy atom. The zero-order valence-electron chi connectivity index (χ0n) is 17.1. The van der Waals surface area contributed by atoms with Crippen LogP contribution >= 0.6 is 11.3 Å². The average Bonchev–Trinajstić information content (AvgIpc) is 3.44. The van der Waals surface area contributed by atoms with Gasteiger partial charge in [0, 0.05) is 22.8 Å². The van der Waals surface area contributed by atoms with E-state index in [2.05, 4.69) is 41.7 Å². The van der Waals surface area contributed by atoms with Gasteiger partial charge in [0.25, 0.3) is 0 Å². The molecule has 0 aliphatic carbocycles. The number of amides is 1. The van der Waals surface area contributed by atoms with E-state index in [1.807, 2.05) is 65.5 Å². The van der Waals surface area contributed by atoms with Crippen molar-refractivity contribution in [1.82, 2.24) is 9.38 Å². The summed E-state index contributed by atoms with van der Waals surface area (Å²) in [6, 6.07) is 24.6. The molecule has 0 bridgehead atoms. The number of aromatic nitrogens is 2. The van der Waals surface area contributed by atoms with Crippen LogP contribution in [-0.2, 0) is 11.2 Å². The van der Waals surface area contributed by atoms with Crippen molar-refractivity contribution in [1.29, 1.82) is 0 Å². The van der Waals surface area contributed by atoms with Crippen LogP contribution in [0.15, 0.2) is 90.6 Å². The summed E-state index contributed by atoms with van der Waals surface area (Å²) in [4.78, 5) is 18.4. The monoisotopic (exact) mass is 423 g/mol. The van der Waals surface area contributed by atoms with Gasteiger partial charge in [-0.25, -0.2) is 4.98 Å². The third-order valence-electron chi connectivity index (χ3n) is 5.16. The first-order valence-electron chi connectivity index (χ1n) is 10.1. The fraction of sp³-hybridized carbons (Fsp3) is 0.0769. The number of nitrogens with zero attached hydrogens (tertiary/aromatic N) is 2. The maximum Gasteiger partial charge on any atom is 0.229 e. The predicted molar refractivity (Wildman–Crippen MR) is 127 cm³/mol. The highest BCUT2D eigenvalue weighted by Gasteiger charge is 2.13. The van der Waals surface area contributed by atoms with Gasteiger partial charge in [-0.1, -0.05) is 60.7 Å². The number of carbonyl (C=O) groups excluding carboxylic acids is 1. The van der Waals surface area contributed by atoms with Gasteiger partial charge in [-0.3, -0.25) is 4.79 Å². The van der Waals surface area contributed by atoms with Gasteiger partial charge in [0.1, 0.15) is 0 Å². The Hall–Kier alpha value is -3.70. The summed E-state index contributed by atoms with van der Waals surface area (Å²) in [5.74, 6) is -0.0354. The predicted octanol–water partition coefficient (Wildman–Crippen LogP) is 6.22. The van der Waals surface area contributed by atoms with E-state index in [-0.39, 0.29) is 5.91 Å². The lowest BCUT2D eigenvalue weighted by atomic mass is 10.0. The minimum absolute atomic E-state index is 0.0354. The van der Waals surface area contributed by atoms with Crippen LogP contribution in [0.25, 0.3) is 28.0 Å². The molecule has 0 spiro atoms. The first kappa shape index (κ1) is 19.3. The average molecular weight is 424 g/mol. The van der Waals surface area contributed by atoms with E-state index in [0.29, 0.717) is 6.42 Å². The second-order valence-electron chi connectivity index (χ2n) is 7.54. The van der Waals surface area contributed by atoms with Crippen LogP contribution in [-0.4, -0.2) is 15.3 Å². The van der Waals surface area contributed by atoms with Crippen LogP contribution in [0.4, 0.5) is 5.69 Å². The summed E-state index contributed by atoms with van der Waals surface area (Å²) in [6.45, 7) is 2.02. The van der Waals surface area contributed by atoms with Crippen molar-refractivity contribution in [3.63, 3.8) is 0 Å². The fourth-order valence-electron chi connectivity index (χ4n) is 3.70. The van der Waals surface area contributed by atoms with E-state index in [1.165, 1.54) is 11.1 Å². The molecule has 3 heterocycles. The Labute approximate surface area is 184 Å². The number of hydrogen-bond donors (Lipinski definition) is 1. The SMILES string of the molecule is Cc1cc(NC(=O)Cc2cccs2)c2nc(-c3ccc(-c4ccccc4)cc3)cn2c1. The summed E-state index contributed by atoms with van der Waals surface area (Å²) >= 11 is 1.59. The Morgan fingerprint density at radius 3 is 2.42 bits per heavy atom. The van der Waals surface area contributed by atoms with Crippen molar-refractivity contribution in [3.8, 4) is 22.4 Å². The lowest BCUT2D eigenvalue weighted by molar-refractivity contribution is -0.115. The number of benzene rings is 2. The largest absolute Gasteiger partial charge is 0.323 e. The van der Waals surface area contributed by atoms with Crippen molar-refractivity contribution in [2.75, 3.05) is 5.32 Å². The van der Waals surface area contributed by atoms with Crippen molar-refractivity contribution in [2.24, 2.45) is 0 Å². The maximum atomic E-state index is 12.5. The molecule has 0 saturated heterocycles. The molecule has 1 N–H and O–H groups in total. The first-order valence-corrected chi connectivity index (χ1v) is 11.0. The number of rotatable bonds is 5. The van der Waals surface area contributed by atoms with Gasteiger partial charge in [0.05, 0.1) is 17.8 Å². The summed E-state index contributed by atoms with van der Waals surface area (Å²) in [5, 5.41) is 5.03. The Morgan fingerprint density at radius 1 is 0.935 bits per heavy atom. The number of aryl methyl sites for hydroxylation is 1. The Kier molecular flexibility index (Phi) is 5.10. The van der Waals surface area contributed by atoms with Gasteiger partial charge in [0.15, 0.2) is 5.65 Å². The van der Waals surface area contributed by atoms with Crippen LogP contribution < -0.4 is 5.32 Å². The number of carbonyl (C=O) groups is 1. The summed E-state index contributed by atoms with van der Waals surface area (Å²) in [7, 11) is 0. The molecule has 0 fully saturated rings. The number of pyridine rings is 1. The third kappa shape index (κ3) is 4.13. The second-order valence-corrected chi connectivity index (χ2v) is 8.57. The van der Waals surface area contributed by atoms with Gasteiger partial charge < -0.3 is 9.72 Å². The van der Waals surface area contributed by atoms with E-state index in [1.54, 1.807) is 11.3 Å². The standard InChI is InChI=1S/C26H21N3OS/c1-18-14-23(27-25(30)15-22-8-5-13-31-22)26-28-24(17-29(26)16-18)21-11-9-20(10-12-21)19-6-3-2-4-7-19/h2-14,16-17H,15H2,1H3,(H,27,30). The Bertz CT molecular complexity index is 1340. The van der Waals surface area contributed by atoms with Crippen LogP contribution in [0.3, 0.4) is 0 Å². The summed E-state index contributed by atoms with van der Waals surface area (Å²) in [6.07, 6.45) is 4.40. The van der Waals surface area contributed by atoms with E-state index in [0.717, 1.165) is 33.0 Å². The molecular formula is C26H21N3OS. The number of hydrogen-bond acceptors (Lipinski definition) is 3. The molecule has 3 aromatic heterocycles. The van der Waals surface area contributed by atoms with Gasteiger partial charge >= 0.3 is 0 Å². The van der Waals surface area contributed by atoms with Crippen molar-refractivity contribution >= 4 is 28.6 Å². The summed E-state index contributed by atoms with van der Waals surface area (Å²) in [5.41, 5.74) is 6.81. The number of anilines is 1. The highest BCUT2D eigenvalue weighted by atomic mass is 32.1. The molecule has 0 aliphatic rings. The highest BCUT2D eigenvalue weighted by Crippen LogP contribution is 2.27. The fourth-order valence-corrected chi connectivity index (χ4v) is 4.40. The minimum Gasteiger partial charge on any atom is -0.323 e. The molecule has 0 aliphatic heterocycles. The molecule has 0 unspecified atom stereocenters. The molecule has 0 radical (unpaired) electrons. The third-order valence-corrected chi connectivity index (χ3v) is 6.04. The molecule has 2 aromatic carbocycles. The molecule has 31 heavy (non-hydrogen) atoms. The molecule has 4 nitrogen and oxygen atoms in total. The number of fused-ring (bicyclic) bond motifs is 1. The number of thiophene rings is 1. The molecule has 5 aromatic rings. The molecule has 5 rings (SSSR count). The topological polar surface area (TPSA) is 46.4 Å². The Balaban J connectivity index is 1.44. The molecular weight excluding hydrogens is 402 g/mol. The number of nitrogens with one attached hydrogen (secondary N) is 1. The van der Waals surface area contributed by atoms with Crippen LogP contribution in [0.1, 0.15) is 10.4 Å². The highest BCUT2D eigenvalue weighted by molar-refractivity contribution is 7.10. The van der Waals surface area contributed by atoms with E-state index in [9.17, 15) is 4.79 Å². The summed E-state index contributed by atoms with van der Waals surface area (Å²) < 4.78 is 1.98. The minimum atomic E-state index is -0.0354. The van der Waals surface area contributed by atoms with Gasteiger partial charge in [-0.2, -0.15) is 0 Å². The molecule has 0 atom stereocenters. The van der Waals surface area contributed by atoms with Crippen molar-refractivity contribution in [3.05, 3.63) is 101 Å². The van der Waals surface area contributed by atoms with Crippen LogP contribution in [0, 0.1) is 6.92 Å². The molecule has 1 amide bonds. The molecule has 152 valence electrons. The zero-order valence-corrected chi connectivity index (χ0v) is 17.9. The quantitative estimate of drug-likeness (QED) is 0.365. The van der Waals surface area contributed by atoms with E-state index >= 15 is 0 Å². The van der Waals surface area contributed by atoms with Crippen LogP contribution in [0.5, 0.6) is 0 Å². The molecule has 5 heteroatoms. The zero-order chi connectivity index (χ0) is 21.2. The maximum absolute atomic E-state index is 12.5. The lowest BCUT2D eigenvalue weighted by Crippen LogP contribution is -2.14. The van der Waals surface area contributed by atoms with E-state index in [4.69, 9.17) is 4.98 Å². The van der Waals surface area contributed by atoms with Gasteiger partial charge in [-0.05, 0) is 41.1 Å². The van der Waals surface area contributed by atoms with Gasteiger partial charge in [0.2, 0.25) is 5.91 Å². The van der Waals surface area contributed by atoms with Crippen molar-refractivity contribution < 1.29 is 4.79 Å². The number of imidazole rings is 1. The van der Waals surface area contributed by atoms with Crippen LogP contribution in [0.2, 0.25) is 0 Å². The normalized spacial score (nSPS) is 11.0. The lowest BCUT2D eigenvalue weighted by Gasteiger charge is -2.07. The van der Waals surface area contributed by atoms with Crippen molar-refractivity contribution in [2.45, 2.75) is 13.3 Å².